The van der Waals surface area contributed by atoms with Crippen LogP contribution in [0.2, 0.25) is 0 Å². The zero-order valence-corrected chi connectivity index (χ0v) is 15.7. The molecule has 0 aliphatic heterocycles. The van der Waals surface area contributed by atoms with Gasteiger partial charge in [-0.05, 0) is 42.2 Å². The topological polar surface area (TPSA) is 74.3 Å². The molecular formula is C20H26N4O2. The van der Waals surface area contributed by atoms with Crippen LogP contribution in [0, 0.1) is 13.8 Å². The zero-order valence-electron chi connectivity index (χ0n) is 15.7. The first-order valence-corrected chi connectivity index (χ1v) is 8.61. The van der Waals surface area contributed by atoms with Gasteiger partial charge in [0, 0.05) is 39.5 Å². The SMILES string of the molecule is CNC(=O)CCN(C)C(=O)N[C@H](c1cccnc1)c1ccc(C)c(C)c1. The number of amides is 3. The molecule has 0 radical (unpaired) electrons. The van der Waals surface area contributed by atoms with Crippen molar-refractivity contribution >= 4 is 11.9 Å². The monoisotopic (exact) mass is 354 g/mol. The van der Waals surface area contributed by atoms with Crippen LogP contribution in [0.15, 0.2) is 42.7 Å². The molecule has 0 aliphatic carbocycles. The van der Waals surface area contributed by atoms with Gasteiger partial charge in [-0.15, -0.1) is 0 Å². The van der Waals surface area contributed by atoms with Crippen LogP contribution in [0.4, 0.5) is 4.79 Å². The molecule has 0 bridgehead atoms. The lowest BCUT2D eigenvalue weighted by atomic mass is 9.96. The maximum atomic E-state index is 12.6. The number of hydrogen-bond donors (Lipinski definition) is 2. The minimum Gasteiger partial charge on any atom is -0.359 e. The molecule has 1 heterocycles. The van der Waals surface area contributed by atoms with Crippen molar-refractivity contribution in [1.29, 1.82) is 0 Å². The lowest BCUT2D eigenvalue weighted by Gasteiger charge is -2.24. The van der Waals surface area contributed by atoms with Gasteiger partial charge in [0.15, 0.2) is 0 Å². The Balaban J connectivity index is 2.20. The Morgan fingerprint density at radius 1 is 1.15 bits per heavy atom. The number of rotatable bonds is 6. The highest BCUT2D eigenvalue weighted by molar-refractivity contribution is 5.78. The molecule has 2 N–H and O–H groups in total. The highest BCUT2D eigenvalue weighted by atomic mass is 16.2. The number of hydrogen-bond acceptors (Lipinski definition) is 3. The fourth-order valence-electron chi connectivity index (χ4n) is 2.58. The van der Waals surface area contributed by atoms with E-state index in [0.717, 1.165) is 11.1 Å². The summed E-state index contributed by atoms with van der Waals surface area (Å²) < 4.78 is 0. The number of benzene rings is 1. The minimum atomic E-state index is -0.307. The van der Waals surface area contributed by atoms with E-state index in [2.05, 4.69) is 41.6 Å². The molecule has 138 valence electrons. The lowest BCUT2D eigenvalue weighted by molar-refractivity contribution is -0.120. The van der Waals surface area contributed by atoms with Gasteiger partial charge in [-0.3, -0.25) is 9.78 Å². The summed E-state index contributed by atoms with van der Waals surface area (Å²) in [5, 5.41) is 5.61. The molecule has 1 aromatic carbocycles. The number of carbonyl (C=O) groups excluding carboxylic acids is 2. The van der Waals surface area contributed by atoms with Crippen molar-refractivity contribution in [1.82, 2.24) is 20.5 Å². The Hall–Kier alpha value is -2.89. The Kier molecular flexibility index (Phi) is 6.72. The molecule has 6 nitrogen and oxygen atoms in total. The van der Waals surface area contributed by atoms with Crippen LogP contribution >= 0.6 is 0 Å². The molecule has 0 fully saturated rings. The standard InChI is InChI=1S/C20H26N4O2/c1-14-7-8-16(12-15(14)2)19(17-6-5-10-22-13-17)23-20(26)24(4)11-9-18(25)21-3/h5-8,10,12-13,19H,9,11H2,1-4H3,(H,21,25)(H,23,26)/t19-/m0/s1. The van der Waals surface area contributed by atoms with Crippen molar-refractivity contribution in [2.45, 2.75) is 26.3 Å². The van der Waals surface area contributed by atoms with Gasteiger partial charge in [0.05, 0.1) is 6.04 Å². The Labute approximate surface area is 154 Å². The zero-order chi connectivity index (χ0) is 19.1. The second-order valence-electron chi connectivity index (χ2n) is 6.36. The van der Waals surface area contributed by atoms with Crippen LogP contribution in [-0.4, -0.2) is 42.5 Å². The van der Waals surface area contributed by atoms with Crippen molar-refractivity contribution in [3.05, 3.63) is 65.0 Å². The molecule has 0 saturated heterocycles. The fraction of sp³-hybridized carbons (Fsp3) is 0.350. The number of nitrogens with zero attached hydrogens (tertiary/aromatic N) is 2. The van der Waals surface area contributed by atoms with Crippen molar-refractivity contribution in [3.63, 3.8) is 0 Å². The second kappa shape index (κ2) is 8.99. The smallest absolute Gasteiger partial charge is 0.317 e. The first kappa shape index (κ1) is 19.4. The number of carbonyl (C=O) groups is 2. The predicted molar refractivity (Wildman–Crippen MR) is 102 cm³/mol. The normalized spacial score (nSPS) is 11.5. The summed E-state index contributed by atoms with van der Waals surface area (Å²) >= 11 is 0. The van der Waals surface area contributed by atoms with Gasteiger partial charge in [0.1, 0.15) is 0 Å². The minimum absolute atomic E-state index is 0.0948. The predicted octanol–water partition coefficient (Wildman–Crippen LogP) is 2.57. The van der Waals surface area contributed by atoms with E-state index in [1.165, 1.54) is 16.0 Å². The largest absolute Gasteiger partial charge is 0.359 e. The van der Waals surface area contributed by atoms with Gasteiger partial charge in [0.25, 0.3) is 0 Å². The van der Waals surface area contributed by atoms with Crippen LogP contribution < -0.4 is 10.6 Å². The maximum absolute atomic E-state index is 12.6. The molecule has 0 spiro atoms. The van der Waals surface area contributed by atoms with Crippen LogP contribution in [-0.2, 0) is 4.79 Å². The van der Waals surface area contributed by atoms with E-state index in [9.17, 15) is 9.59 Å². The molecule has 2 rings (SSSR count). The van der Waals surface area contributed by atoms with Crippen LogP contribution in [0.3, 0.4) is 0 Å². The quantitative estimate of drug-likeness (QED) is 0.837. The van der Waals surface area contributed by atoms with Crippen LogP contribution in [0.25, 0.3) is 0 Å². The van der Waals surface area contributed by atoms with Crippen molar-refractivity contribution < 1.29 is 9.59 Å². The van der Waals surface area contributed by atoms with Crippen molar-refractivity contribution in [2.75, 3.05) is 20.6 Å². The van der Waals surface area contributed by atoms with Gasteiger partial charge in [-0.25, -0.2) is 4.79 Å². The van der Waals surface area contributed by atoms with Crippen LogP contribution in [0.5, 0.6) is 0 Å². The van der Waals surface area contributed by atoms with E-state index in [0.29, 0.717) is 6.54 Å². The van der Waals surface area contributed by atoms with E-state index in [-0.39, 0.29) is 24.4 Å². The first-order chi connectivity index (χ1) is 12.4. The van der Waals surface area contributed by atoms with Gasteiger partial charge in [-0.1, -0.05) is 24.3 Å². The molecular weight excluding hydrogens is 328 g/mol. The number of aromatic nitrogens is 1. The third-order valence-corrected chi connectivity index (χ3v) is 4.45. The molecule has 0 aliphatic rings. The molecule has 1 aromatic heterocycles. The summed E-state index contributed by atoms with van der Waals surface area (Å²) in [4.78, 5) is 29.7. The van der Waals surface area contributed by atoms with Gasteiger partial charge >= 0.3 is 6.03 Å². The Morgan fingerprint density at radius 3 is 2.54 bits per heavy atom. The fourth-order valence-corrected chi connectivity index (χ4v) is 2.58. The third kappa shape index (κ3) is 5.05. The maximum Gasteiger partial charge on any atom is 0.317 e. The van der Waals surface area contributed by atoms with Gasteiger partial charge in [-0.2, -0.15) is 0 Å². The Bertz CT molecular complexity index is 762. The summed E-state index contributed by atoms with van der Waals surface area (Å²) in [7, 11) is 3.26. The molecule has 3 amide bonds. The van der Waals surface area contributed by atoms with E-state index in [1.54, 1.807) is 26.5 Å². The average molecular weight is 354 g/mol. The summed E-state index contributed by atoms with van der Waals surface area (Å²) in [5.41, 5.74) is 4.27. The molecule has 0 unspecified atom stereocenters. The Morgan fingerprint density at radius 2 is 1.92 bits per heavy atom. The number of nitrogens with one attached hydrogen (secondary N) is 2. The van der Waals surface area contributed by atoms with E-state index in [1.807, 2.05) is 18.2 Å². The third-order valence-electron chi connectivity index (χ3n) is 4.45. The summed E-state index contributed by atoms with van der Waals surface area (Å²) in [6.45, 7) is 4.46. The summed E-state index contributed by atoms with van der Waals surface area (Å²) in [6, 6.07) is 9.40. The summed E-state index contributed by atoms with van der Waals surface area (Å²) in [6.07, 6.45) is 3.73. The van der Waals surface area contributed by atoms with Gasteiger partial charge in [0.2, 0.25) is 5.91 Å². The average Bonchev–Trinajstić information content (AvgIpc) is 2.66. The van der Waals surface area contributed by atoms with Crippen molar-refractivity contribution in [2.24, 2.45) is 0 Å². The molecule has 1 atom stereocenters. The summed E-state index contributed by atoms with van der Waals surface area (Å²) in [5.74, 6) is -0.0948. The van der Waals surface area contributed by atoms with E-state index in [4.69, 9.17) is 0 Å². The highest BCUT2D eigenvalue weighted by Crippen LogP contribution is 2.23. The second-order valence-corrected chi connectivity index (χ2v) is 6.36. The number of urea groups is 1. The number of aryl methyl sites for hydroxylation is 2. The molecule has 6 heteroatoms. The van der Waals surface area contributed by atoms with Crippen LogP contribution in [0.1, 0.15) is 34.7 Å². The van der Waals surface area contributed by atoms with E-state index < -0.39 is 0 Å². The molecule has 2 aromatic rings. The van der Waals surface area contributed by atoms with Crippen molar-refractivity contribution in [3.8, 4) is 0 Å². The van der Waals surface area contributed by atoms with E-state index >= 15 is 0 Å². The van der Waals surface area contributed by atoms with Gasteiger partial charge < -0.3 is 15.5 Å². The number of pyridine rings is 1. The molecule has 0 saturated carbocycles. The lowest BCUT2D eigenvalue weighted by Crippen LogP contribution is -2.41. The highest BCUT2D eigenvalue weighted by Gasteiger charge is 2.20. The first-order valence-electron chi connectivity index (χ1n) is 8.61. The molecule has 26 heavy (non-hydrogen) atoms.